The summed E-state index contributed by atoms with van der Waals surface area (Å²) in [4.78, 5) is 2.56. The summed E-state index contributed by atoms with van der Waals surface area (Å²) in [5.41, 5.74) is 7.34. The fourth-order valence-electron chi connectivity index (χ4n) is 3.53. The summed E-state index contributed by atoms with van der Waals surface area (Å²) in [7, 11) is 2.27. The van der Waals surface area contributed by atoms with E-state index >= 15 is 0 Å². The molecule has 1 aromatic carbocycles. The van der Waals surface area contributed by atoms with Crippen LogP contribution >= 0.6 is 15.9 Å². The van der Waals surface area contributed by atoms with Crippen molar-refractivity contribution in [2.45, 2.75) is 44.7 Å². The van der Waals surface area contributed by atoms with Gasteiger partial charge in [0, 0.05) is 16.6 Å². The predicted molar refractivity (Wildman–Crippen MR) is 85.1 cm³/mol. The van der Waals surface area contributed by atoms with Crippen molar-refractivity contribution in [1.82, 2.24) is 4.90 Å². The second kappa shape index (κ2) is 6.87. The Bertz CT molecular complexity index is 407. The zero-order valence-electron chi connectivity index (χ0n) is 12.0. The molecular weight excluding hydrogens is 300 g/mol. The third kappa shape index (κ3) is 3.39. The maximum absolute atomic E-state index is 5.93. The van der Waals surface area contributed by atoms with Crippen molar-refractivity contribution in [3.63, 3.8) is 0 Å². The van der Waals surface area contributed by atoms with E-state index in [9.17, 15) is 0 Å². The summed E-state index contributed by atoms with van der Waals surface area (Å²) in [6.45, 7) is 3.10. The first-order valence-corrected chi connectivity index (χ1v) is 8.14. The van der Waals surface area contributed by atoms with E-state index in [2.05, 4.69) is 59.1 Å². The minimum Gasteiger partial charge on any atom is -0.330 e. The fraction of sp³-hybridized carbons (Fsp3) is 0.625. The first kappa shape index (κ1) is 15.0. The molecule has 3 unspecified atom stereocenters. The third-order valence-electron chi connectivity index (χ3n) is 4.56. The lowest BCUT2D eigenvalue weighted by molar-refractivity contribution is 0.138. The summed E-state index contributed by atoms with van der Waals surface area (Å²) in [5, 5.41) is 0. The van der Waals surface area contributed by atoms with Gasteiger partial charge < -0.3 is 5.73 Å². The SMILES string of the molecule is CCC(c1cccc(Br)c1)N(C)C1CCCC1CN. The van der Waals surface area contributed by atoms with E-state index in [-0.39, 0.29) is 0 Å². The molecule has 1 fully saturated rings. The van der Waals surface area contributed by atoms with E-state index in [0.717, 1.165) is 13.0 Å². The molecule has 106 valence electrons. The number of halogens is 1. The van der Waals surface area contributed by atoms with Gasteiger partial charge in [0.1, 0.15) is 0 Å². The van der Waals surface area contributed by atoms with Crippen LogP contribution in [0.15, 0.2) is 28.7 Å². The Morgan fingerprint density at radius 1 is 1.42 bits per heavy atom. The maximum atomic E-state index is 5.93. The number of hydrogen-bond acceptors (Lipinski definition) is 2. The second-order valence-electron chi connectivity index (χ2n) is 5.64. The monoisotopic (exact) mass is 324 g/mol. The van der Waals surface area contributed by atoms with E-state index in [1.165, 1.54) is 29.3 Å². The molecule has 1 aliphatic carbocycles. The van der Waals surface area contributed by atoms with Crippen LogP contribution < -0.4 is 5.73 Å². The van der Waals surface area contributed by atoms with Gasteiger partial charge in [-0.25, -0.2) is 0 Å². The smallest absolute Gasteiger partial charge is 0.0345 e. The van der Waals surface area contributed by atoms with E-state index in [0.29, 0.717) is 18.0 Å². The van der Waals surface area contributed by atoms with Crippen molar-refractivity contribution >= 4 is 15.9 Å². The summed E-state index contributed by atoms with van der Waals surface area (Å²) >= 11 is 3.58. The summed E-state index contributed by atoms with van der Waals surface area (Å²) in [6, 6.07) is 9.85. The number of nitrogens with zero attached hydrogens (tertiary/aromatic N) is 1. The molecule has 19 heavy (non-hydrogen) atoms. The average Bonchev–Trinajstić information content (AvgIpc) is 2.87. The van der Waals surface area contributed by atoms with Crippen LogP contribution in [-0.4, -0.2) is 24.5 Å². The Morgan fingerprint density at radius 3 is 2.84 bits per heavy atom. The summed E-state index contributed by atoms with van der Waals surface area (Å²) < 4.78 is 1.17. The van der Waals surface area contributed by atoms with Crippen molar-refractivity contribution in [2.75, 3.05) is 13.6 Å². The van der Waals surface area contributed by atoms with Gasteiger partial charge in [0.05, 0.1) is 0 Å². The van der Waals surface area contributed by atoms with Crippen LogP contribution in [0.4, 0.5) is 0 Å². The van der Waals surface area contributed by atoms with Crippen molar-refractivity contribution in [3.05, 3.63) is 34.3 Å². The molecule has 1 saturated carbocycles. The van der Waals surface area contributed by atoms with Crippen LogP contribution in [0.5, 0.6) is 0 Å². The second-order valence-corrected chi connectivity index (χ2v) is 6.55. The normalized spacial score (nSPS) is 24.9. The quantitative estimate of drug-likeness (QED) is 0.888. The van der Waals surface area contributed by atoms with Gasteiger partial charge in [0.25, 0.3) is 0 Å². The van der Waals surface area contributed by atoms with E-state index in [1.807, 2.05) is 0 Å². The lowest BCUT2D eigenvalue weighted by atomic mass is 9.97. The number of nitrogens with two attached hydrogens (primary N) is 1. The van der Waals surface area contributed by atoms with Gasteiger partial charge in [0.2, 0.25) is 0 Å². The zero-order valence-corrected chi connectivity index (χ0v) is 13.6. The lowest BCUT2D eigenvalue weighted by Gasteiger charge is -2.36. The lowest BCUT2D eigenvalue weighted by Crippen LogP contribution is -2.39. The maximum Gasteiger partial charge on any atom is 0.0345 e. The van der Waals surface area contributed by atoms with Gasteiger partial charge in [-0.3, -0.25) is 4.90 Å². The Kier molecular flexibility index (Phi) is 5.43. The highest BCUT2D eigenvalue weighted by Crippen LogP contribution is 2.35. The van der Waals surface area contributed by atoms with Gasteiger partial charge in [-0.2, -0.15) is 0 Å². The van der Waals surface area contributed by atoms with E-state index in [1.54, 1.807) is 0 Å². The van der Waals surface area contributed by atoms with Crippen molar-refractivity contribution in [3.8, 4) is 0 Å². The molecule has 0 heterocycles. The Balaban J connectivity index is 2.17. The first-order chi connectivity index (χ1) is 9.17. The van der Waals surface area contributed by atoms with Gasteiger partial charge in [-0.15, -0.1) is 0 Å². The number of rotatable bonds is 5. The molecule has 1 aliphatic rings. The molecule has 0 aromatic heterocycles. The summed E-state index contributed by atoms with van der Waals surface area (Å²) in [5.74, 6) is 0.672. The van der Waals surface area contributed by atoms with Crippen molar-refractivity contribution in [2.24, 2.45) is 11.7 Å². The molecule has 2 nitrogen and oxygen atoms in total. The highest BCUT2D eigenvalue weighted by Gasteiger charge is 2.32. The molecule has 2 N–H and O–H groups in total. The van der Waals surface area contributed by atoms with Gasteiger partial charge >= 0.3 is 0 Å². The average molecular weight is 325 g/mol. The van der Waals surface area contributed by atoms with Crippen LogP contribution in [0.25, 0.3) is 0 Å². The van der Waals surface area contributed by atoms with Crippen LogP contribution in [0, 0.1) is 5.92 Å². The van der Waals surface area contributed by atoms with Crippen molar-refractivity contribution in [1.29, 1.82) is 0 Å². The molecule has 0 spiro atoms. The van der Waals surface area contributed by atoms with Crippen LogP contribution in [-0.2, 0) is 0 Å². The highest BCUT2D eigenvalue weighted by atomic mass is 79.9. The van der Waals surface area contributed by atoms with Crippen molar-refractivity contribution < 1.29 is 0 Å². The minimum absolute atomic E-state index is 0.495. The predicted octanol–water partition coefficient (Wildman–Crippen LogP) is 3.96. The van der Waals surface area contributed by atoms with Gasteiger partial charge in [-0.1, -0.05) is 41.4 Å². The number of hydrogen-bond donors (Lipinski definition) is 1. The van der Waals surface area contributed by atoms with Crippen LogP contribution in [0.3, 0.4) is 0 Å². The Morgan fingerprint density at radius 2 is 2.21 bits per heavy atom. The molecule has 0 amide bonds. The molecule has 3 heteroatoms. The first-order valence-electron chi connectivity index (χ1n) is 7.34. The third-order valence-corrected chi connectivity index (χ3v) is 5.05. The molecule has 0 saturated heterocycles. The van der Waals surface area contributed by atoms with E-state index < -0.39 is 0 Å². The highest BCUT2D eigenvalue weighted by molar-refractivity contribution is 9.10. The number of benzene rings is 1. The standard InChI is InChI=1S/C16H25BrN2/c1-3-15(12-6-4-8-14(17)10-12)19(2)16-9-5-7-13(16)11-18/h4,6,8,10,13,15-16H,3,5,7,9,11,18H2,1-2H3. The molecule has 3 atom stereocenters. The van der Waals surface area contributed by atoms with Gasteiger partial charge in [-0.05, 0) is 56.5 Å². The van der Waals surface area contributed by atoms with Crippen LogP contribution in [0.1, 0.15) is 44.2 Å². The topological polar surface area (TPSA) is 29.3 Å². The van der Waals surface area contributed by atoms with Gasteiger partial charge in [0.15, 0.2) is 0 Å². The molecule has 0 bridgehead atoms. The Labute approximate surface area is 125 Å². The molecular formula is C16H25BrN2. The molecule has 2 rings (SSSR count). The zero-order chi connectivity index (χ0) is 13.8. The summed E-state index contributed by atoms with van der Waals surface area (Å²) in [6.07, 6.45) is 5.05. The Hall–Kier alpha value is -0.380. The van der Waals surface area contributed by atoms with Crippen LogP contribution in [0.2, 0.25) is 0 Å². The molecule has 0 radical (unpaired) electrons. The molecule has 0 aliphatic heterocycles. The fourth-order valence-corrected chi connectivity index (χ4v) is 3.95. The van der Waals surface area contributed by atoms with E-state index in [4.69, 9.17) is 5.73 Å². The molecule has 1 aromatic rings. The minimum atomic E-state index is 0.495. The largest absolute Gasteiger partial charge is 0.330 e.